The molecule has 1 aliphatic rings. The van der Waals surface area contributed by atoms with Gasteiger partial charge in [-0.1, -0.05) is 41.9 Å². The lowest BCUT2D eigenvalue weighted by Crippen LogP contribution is -2.41. The summed E-state index contributed by atoms with van der Waals surface area (Å²) >= 11 is 8.96. The van der Waals surface area contributed by atoms with Gasteiger partial charge in [-0.05, 0) is 54.8 Å². The van der Waals surface area contributed by atoms with Gasteiger partial charge in [0.2, 0.25) is 5.91 Å². The number of halogens is 2. The Morgan fingerprint density at radius 2 is 1.85 bits per heavy atom. The molecule has 0 unspecified atom stereocenters. The van der Waals surface area contributed by atoms with Gasteiger partial charge in [0.05, 0.1) is 10.6 Å². The number of aromatic nitrogens is 2. The fourth-order valence-electron chi connectivity index (χ4n) is 3.98. The second kappa shape index (κ2) is 9.82. The number of thiophene rings is 1. The minimum absolute atomic E-state index is 0.244. The highest BCUT2D eigenvalue weighted by Crippen LogP contribution is 2.40. The maximum Gasteiger partial charge on any atom is 0.260 e. The van der Waals surface area contributed by atoms with Crippen LogP contribution < -0.4 is 0 Å². The van der Waals surface area contributed by atoms with Gasteiger partial charge in [0.25, 0.3) is 5.91 Å². The molecule has 0 N–H and O–H groups in total. The van der Waals surface area contributed by atoms with E-state index in [1.165, 1.54) is 58.6 Å². The Morgan fingerprint density at radius 3 is 2.62 bits per heavy atom. The van der Waals surface area contributed by atoms with Gasteiger partial charge in [0, 0.05) is 28.1 Å². The molecule has 34 heavy (non-hydrogen) atoms. The number of carbonyl (C=O) groups is 2. The van der Waals surface area contributed by atoms with Crippen molar-refractivity contribution in [1.29, 1.82) is 0 Å². The molecule has 3 heterocycles. The summed E-state index contributed by atoms with van der Waals surface area (Å²) in [6.45, 7) is 0.347. The Balaban J connectivity index is 1.46. The van der Waals surface area contributed by atoms with Crippen LogP contribution in [0.15, 0.2) is 65.3 Å². The van der Waals surface area contributed by atoms with Crippen molar-refractivity contribution in [2.45, 2.75) is 29.5 Å². The van der Waals surface area contributed by atoms with Crippen LogP contribution in [0.3, 0.4) is 0 Å². The minimum atomic E-state index is -0.456. The fourth-order valence-corrected chi connectivity index (χ4v) is 6.30. The van der Waals surface area contributed by atoms with E-state index in [4.69, 9.17) is 11.6 Å². The van der Waals surface area contributed by atoms with E-state index in [1.54, 1.807) is 0 Å². The van der Waals surface area contributed by atoms with Crippen molar-refractivity contribution in [1.82, 2.24) is 14.9 Å². The van der Waals surface area contributed by atoms with Crippen molar-refractivity contribution in [3.8, 4) is 11.1 Å². The number of nitrogens with zero attached hydrogens (tertiary/aromatic N) is 3. The highest BCUT2D eigenvalue weighted by atomic mass is 35.5. The first-order valence-corrected chi connectivity index (χ1v) is 12.9. The molecule has 2 aromatic heterocycles. The average molecular weight is 512 g/mol. The average Bonchev–Trinajstić information content (AvgIpc) is 3.20. The number of amides is 2. The Hall–Kier alpha value is -2.81. The SMILES string of the molecule is O=C(c1ccc(F)cc1)N1CCCC[C@@H](Sc2ncnc3scc(-c4ccc(Cl)cc4)c23)C1=O. The molecule has 0 radical (unpaired) electrons. The van der Waals surface area contributed by atoms with Gasteiger partial charge in [-0.25, -0.2) is 14.4 Å². The number of thioether (sulfide) groups is 1. The number of hydrogen-bond acceptors (Lipinski definition) is 6. The molecule has 4 aromatic rings. The molecule has 0 saturated carbocycles. The maximum absolute atomic E-state index is 13.5. The van der Waals surface area contributed by atoms with Crippen molar-refractivity contribution >= 4 is 56.7 Å². The summed E-state index contributed by atoms with van der Waals surface area (Å²) in [6.07, 6.45) is 3.69. The van der Waals surface area contributed by atoms with Gasteiger partial charge < -0.3 is 0 Å². The van der Waals surface area contributed by atoms with E-state index < -0.39 is 17.0 Å². The highest BCUT2D eigenvalue weighted by molar-refractivity contribution is 8.00. The standard InChI is InChI=1S/C25H19ClFN3O2S2/c26-17-8-4-15(5-9-17)19-13-33-22-21(19)23(29-14-28-22)34-20-3-1-2-12-30(25(20)32)24(31)16-6-10-18(27)11-7-16/h4-11,13-14,20H,1-3,12H2/t20-/m1/s1. The molecule has 9 heteroatoms. The Morgan fingerprint density at radius 1 is 1.09 bits per heavy atom. The van der Waals surface area contributed by atoms with Crippen LogP contribution in [0.2, 0.25) is 5.02 Å². The number of carbonyl (C=O) groups excluding carboxylic acids is 2. The van der Waals surface area contributed by atoms with Crippen LogP contribution >= 0.6 is 34.7 Å². The number of imide groups is 1. The predicted octanol–water partition coefficient (Wildman–Crippen LogP) is 6.46. The smallest absolute Gasteiger partial charge is 0.260 e. The molecule has 1 atom stereocenters. The lowest BCUT2D eigenvalue weighted by atomic mass is 10.1. The van der Waals surface area contributed by atoms with Crippen LogP contribution in [0, 0.1) is 5.82 Å². The van der Waals surface area contributed by atoms with Gasteiger partial charge >= 0.3 is 0 Å². The van der Waals surface area contributed by atoms with E-state index in [-0.39, 0.29) is 5.91 Å². The van der Waals surface area contributed by atoms with Gasteiger partial charge in [-0.2, -0.15) is 0 Å². The molecule has 172 valence electrons. The van der Waals surface area contributed by atoms with Gasteiger partial charge in [-0.3, -0.25) is 14.5 Å². The molecule has 1 saturated heterocycles. The molecule has 2 aromatic carbocycles. The zero-order valence-electron chi connectivity index (χ0n) is 17.9. The van der Waals surface area contributed by atoms with Crippen molar-refractivity contribution in [3.63, 3.8) is 0 Å². The highest BCUT2D eigenvalue weighted by Gasteiger charge is 2.33. The minimum Gasteiger partial charge on any atom is -0.278 e. The Bertz CT molecular complexity index is 1360. The first kappa shape index (κ1) is 23.0. The first-order chi connectivity index (χ1) is 16.5. The normalized spacial score (nSPS) is 16.6. The summed E-state index contributed by atoms with van der Waals surface area (Å²) in [6, 6.07) is 12.9. The number of hydrogen-bond donors (Lipinski definition) is 0. The van der Waals surface area contributed by atoms with Gasteiger partial charge in [0.1, 0.15) is 22.0 Å². The summed E-state index contributed by atoms with van der Waals surface area (Å²) < 4.78 is 13.3. The van der Waals surface area contributed by atoms with Crippen molar-refractivity contribution in [3.05, 3.63) is 76.6 Å². The monoisotopic (exact) mass is 511 g/mol. The molecule has 2 amide bonds. The number of rotatable bonds is 4. The number of fused-ring (bicyclic) bond motifs is 1. The Kier molecular flexibility index (Phi) is 6.63. The molecule has 5 nitrogen and oxygen atoms in total. The van der Waals surface area contributed by atoms with E-state index in [0.717, 1.165) is 34.2 Å². The Labute approximate surface area is 209 Å². The van der Waals surface area contributed by atoms with Crippen LogP contribution in [0.25, 0.3) is 21.3 Å². The van der Waals surface area contributed by atoms with Crippen LogP contribution in [-0.2, 0) is 4.79 Å². The number of benzene rings is 2. The van der Waals surface area contributed by atoms with Gasteiger partial charge in [0.15, 0.2) is 0 Å². The lowest BCUT2D eigenvalue weighted by molar-refractivity contribution is -0.127. The van der Waals surface area contributed by atoms with Crippen LogP contribution in [-0.4, -0.2) is 38.5 Å². The predicted molar refractivity (Wildman–Crippen MR) is 134 cm³/mol. The topological polar surface area (TPSA) is 63.2 Å². The summed E-state index contributed by atoms with van der Waals surface area (Å²) in [7, 11) is 0. The summed E-state index contributed by atoms with van der Waals surface area (Å²) in [5, 5.41) is 3.84. The van der Waals surface area contributed by atoms with Crippen LogP contribution in [0.4, 0.5) is 4.39 Å². The van der Waals surface area contributed by atoms with Crippen molar-refractivity contribution < 1.29 is 14.0 Å². The van der Waals surface area contributed by atoms with E-state index in [2.05, 4.69) is 9.97 Å². The third-order valence-corrected chi connectivity index (χ3v) is 8.11. The fraction of sp³-hybridized carbons (Fsp3) is 0.200. The van der Waals surface area contributed by atoms with E-state index >= 15 is 0 Å². The second-order valence-corrected chi connectivity index (χ2v) is 10.4. The molecule has 1 aliphatic heterocycles. The lowest BCUT2D eigenvalue weighted by Gasteiger charge is -2.22. The molecule has 0 aliphatic carbocycles. The van der Waals surface area contributed by atoms with E-state index in [9.17, 15) is 14.0 Å². The zero-order valence-corrected chi connectivity index (χ0v) is 20.3. The van der Waals surface area contributed by atoms with Crippen LogP contribution in [0.5, 0.6) is 0 Å². The zero-order chi connectivity index (χ0) is 23.7. The maximum atomic E-state index is 13.5. The third-order valence-electron chi connectivity index (χ3n) is 5.72. The molecule has 0 spiro atoms. The summed E-state index contributed by atoms with van der Waals surface area (Å²) in [5.41, 5.74) is 2.28. The summed E-state index contributed by atoms with van der Waals surface area (Å²) in [5.74, 6) is -1.07. The molecule has 5 rings (SSSR count). The quantitative estimate of drug-likeness (QED) is 0.232. The van der Waals surface area contributed by atoms with Crippen molar-refractivity contribution in [2.75, 3.05) is 6.54 Å². The molecular weight excluding hydrogens is 493 g/mol. The molecule has 0 bridgehead atoms. The van der Waals surface area contributed by atoms with Crippen molar-refractivity contribution in [2.24, 2.45) is 0 Å². The summed E-state index contributed by atoms with van der Waals surface area (Å²) in [4.78, 5) is 37.6. The third kappa shape index (κ3) is 4.58. The largest absolute Gasteiger partial charge is 0.278 e. The first-order valence-electron chi connectivity index (χ1n) is 10.8. The van der Waals surface area contributed by atoms with Gasteiger partial charge in [-0.15, -0.1) is 11.3 Å². The molecular formula is C25H19ClFN3O2S2. The van der Waals surface area contributed by atoms with E-state index in [0.29, 0.717) is 28.6 Å². The van der Waals surface area contributed by atoms with E-state index in [1.807, 2.05) is 29.6 Å². The second-order valence-electron chi connectivity index (χ2n) is 7.92. The van der Waals surface area contributed by atoms with Crippen LogP contribution in [0.1, 0.15) is 29.6 Å². The molecule has 1 fully saturated rings. The number of likely N-dealkylation sites (tertiary alicyclic amines) is 1.